The van der Waals surface area contributed by atoms with Crippen LogP contribution in [0.4, 0.5) is 0 Å². The first kappa shape index (κ1) is 13.7. The topological polar surface area (TPSA) is 56.7 Å². The summed E-state index contributed by atoms with van der Waals surface area (Å²) in [6.45, 7) is 7.21. The van der Waals surface area contributed by atoms with Gasteiger partial charge in [-0.05, 0) is 17.5 Å². The predicted molar refractivity (Wildman–Crippen MR) is 77.9 cm³/mol. The summed E-state index contributed by atoms with van der Waals surface area (Å²) < 4.78 is 1.82. The Kier molecular flexibility index (Phi) is 3.71. The SMILES string of the molecule is Cn1nc(CCN)nc1-c1ccc(C(C)(C)C)cc1. The second-order valence-corrected chi connectivity index (χ2v) is 5.84. The van der Waals surface area contributed by atoms with E-state index in [0.717, 1.165) is 17.2 Å². The van der Waals surface area contributed by atoms with E-state index in [0.29, 0.717) is 13.0 Å². The van der Waals surface area contributed by atoms with E-state index < -0.39 is 0 Å². The van der Waals surface area contributed by atoms with Gasteiger partial charge in [-0.2, -0.15) is 5.10 Å². The highest BCUT2D eigenvalue weighted by atomic mass is 15.3. The molecule has 102 valence electrons. The highest BCUT2D eigenvalue weighted by Gasteiger charge is 2.14. The van der Waals surface area contributed by atoms with Crippen molar-refractivity contribution in [3.63, 3.8) is 0 Å². The lowest BCUT2D eigenvalue weighted by atomic mass is 9.87. The zero-order chi connectivity index (χ0) is 14.0. The van der Waals surface area contributed by atoms with Crippen LogP contribution in [0.1, 0.15) is 32.2 Å². The molecule has 2 N–H and O–H groups in total. The molecule has 0 aliphatic carbocycles. The van der Waals surface area contributed by atoms with Crippen molar-refractivity contribution >= 4 is 0 Å². The molecule has 1 aromatic carbocycles. The summed E-state index contributed by atoms with van der Waals surface area (Å²) in [5, 5.41) is 4.37. The number of nitrogens with zero attached hydrogens (tertiary/aromatic N) is 3. The molecule has 0 unspecified atom stereocenters. The van der Waals surface area contributed by atoms with E-state index in [1.807, 2.05) is 11.7 Å². The molecule has 19 heavy (non-hydrogen) atoms. The summed E-state index contributed by atoms with van der Waals surface area (Å²) in [4.78, 5) is 4.53. The van der Waals surface area contributed by atoms with Gasteiger partial charge in [-0.15, -0.1) is 0 Å². The highest BCUT2D eigenvalue weighted by molar-refractivity contribution is 5.56. The van der Waals surface area contributed by atoms with E-state index in [4.69, 9.17) is 5.73 Å². The Morgan fingerprint density at radius 3 is 2.32 bits per heavy atom. The maximum Gasteiger partial charge on any atom is 0.158 e. The minimum atomic E-state index is 0.170. The zero-order valence-electron chi connectivity index (χ0n) is 12.1. The van der Waals surface area contributed by atoms with Crippen LogP contribution in [-0.4, -0.2) is 21.3 Å². The fourth-order valence-electron chi connectivity index (χ4n) is 2.04. The molecule has 0 saturated heterocycles. The molecule has 0 aliphatic rings. The van der Waals surface area contributed by atoms with Crippen molar-refractivity contribution in [1.29, 1.82) is 0 Å². The first-order chi connectivity index (χ1) is 8.91. The van der Waals surface area contributed by atoms with Crippen LogP contribution in [0.2, 0.25) is 0 Å². The fourth-order valence-corrected chi connectivity index (χ4v) is 2.04. The maximum atomic E-state index is 5.54. The first-order valence-electron chi connectivity index (χ1n) is 6.62. The van der Waals surface area contributed by atoms with Crippen LogP contribution in [0.15, 0.2) is 24.3 Å². The van der Waals surface area contributed by atoms with Gasteiger partial charge in [0.15, 0.2) is 11.6 Å². The summed E-state index contributed by atoms with van der Waals surface area (Å²) in [6, 6.07) is 8.53. The average molecular weight is 258 g/mol. The summed E-state index contributed by atoms with van der Waals surface area (Å²) in [5.74, 6) is 1.70. The first-order valence-corrected chi connectivity index (χ1v) is 6.62. The Morgan fingerprint density at radius 1 is 1.16 bits per heavy atom. The van der Waals surface area contributed by atoms with Crippen LogP contribution in [0, 0.1) is 0 Å². The third kappa shape index (κ3) is 3.01. The van der Waals surface area contributed by atoms with Gasteiger partial charge >= 0.3 is 0 Å². The zero-order valence-corrected chi connectivity index (χ0v) is 12.1. The lowest BCUT2D eigenvalue weighted by Gasteiger charge is -2.18. The van der Waals surface area contributed by atoms with Gasteiger partial charge in [-0.25, -0.2) is 9.67 Å². The standard InChI is InChI=1S/C15H22N4/c1-15(2,3)12-7-5-11(6-8-12)14-17-13(9-10-16)18-19(14)4/h5-8H,9-10,16H2,1-4H3. The van der Waals surface area contributed by atoms with E-state index in [2.05, 4.69) is 55.1 Å². The summed E-state index contributed by atoms with van der Waals surface area (Å²) in [6.07, 6.45) is 0.716. The lowest BCUT2D eigenvalue weighted by Crippen LogP contribution is -2.10. The smallest absolute Gasteiger partial charge is 0.158 e. The van der Waals surface area contributed by atoms with Gasteiger partial charge in [0.2, 0.25) is 0 Å². The number of hydrogen-bond donors (Lipinski definition) is 1. The third-order valence-corrected chi connectivity index (χ3v) is 3.18. The second-order valence-electron chi connectivity index (χ2n) is 5.84. The van der Waals surface area contributed by atoms with Crippen molar-refractivity contribution in [3.05, 3.63) is 35.7 Å². The number of aromatic nitrogens is 3. The van der Waals surface area contributed by atoms with Crippen molar-refractivity contribution in [2.24, 2.45) is 12.8 Å². The third-order valence-electron chi connectivity index (χ3n) is 3.18. The molecule has 0 atom stereocenters. The van der Waals surface area contributed by atoms with Crippen molar-refractivity contribution in [1.82, 2.24) is 14.8 Å². The Balaban J connectivity index is 2.32. The second kappa shape index (κ2) is 5.13. The number of nitrogens with two attached hydrogens (primary N) is 1. The van der Waals surface area contributed by atoms with Crippen LogP contribution in [0.25, 0.3) is 11.4 Å². The van der Waals surface area contributed by atoms with E-state index in [1.165, 1.54) is 5.56 Å². The molecular formula is C15H22N4. The molecule has 4 heteroatoms. The minimum Gasteiger partial charge on any atom is -0.330 e. The normalized spacial score (nSPS) is 11.8. The van der Waals surface area contributed by atoms with Gasteiger partial charge in [-0.1, -0.05) is 45.0 Å². The predicted octanol–water partition coefficient (Wildman–Crippen LogP) is 2.28. The molecule has 2 aromatic rings. The molecule has 2 rings (SSSR count). The number of aryl methyl sites for hydroxylation is 1. The van der Waals surface area contributed by atoms with Crippen LogP contribution >= 0.6 is 0 Å². The van der Waals surface area contributed by atoms with Crippen LogP contribution in [-0.2, 0) is 18.9 Å². The molecular weight excluding hydrogens is 236 g/mol. The quantitative estimate of drug-likeness (QED) is 0.919. The van der Waals surface area contributed by atoms with Gasteiger partial charge in [-0.3, -0.25) is 0 Å². The maximum absolute atomic E-state index is 5.54. The van der Waals surface area contributed by atoms with Gasteiger partial charge < -0.3 is 5.73 Å². The average Bonchev–Trinajstić information content (AvgIpc) is 2.70. The summed E-state index contributed by atoms with van der Waals surface area (Å²) in [7, 11) is 1.92. The molecule has 0 radical (unpaired) electrons. The molecule has 1 aromatic heterocycles. The molecule has 0 saturated carbocycles. The summed E-state index contributed by atoms with van der Waals surface area (Å²) >= 11 is 0. The molecule has 4 nitrogen and oxygen atoms in total. The molecule has 0 aliphatic heterocycles. The van der Waals surface area contributed by atoms with Crippen LogP contribution < -0.4 is 5.73 Å². The number of benzene rings is 1. The molecule has 0 bridgehead atoms. The molecule has 0 amide bonds. The van der Waals surface area contributed by atoms with Gasteiger partial charge in [0.25, 0.3) is 0 Å². The van der Waals surface area contributed by atoms with E-state index in [-0.39, 0.29) is 5.41 Å². The van der Waals surface area contributed by atoms with Crippen LogP contribution in [0.3, 0.4) is 0 Å². The van der Waals surface area contributed by atoms with Crippen molar-refractivity contribution in [3.8, 4) is 11.4 Å². The monoisotopic (exact) mass is 258 g/mol. The highest BCUT2D eigenvalue weighted by Crippen LogP contribution is 2.25. The van der Waals surface area contributed by atoms with Crippen molar-refractivity contribution < 1.29 is 0 Å². The van der Waals surface area contributed by atoms with E-state index in [9.17, 15) is 0 Å². The Bertz CT molecular complexity index is 547. The molecule has 0 spiro atoms. The Labute approximate surface area is 114 Å². The van der Waals surface area contributed by atoms with Crippen molar-refractivity contribution in [2.75, 3.05) is 6.54 Å². The van der Waals surface area contributed by atoms with Gasteiger partial charge in [0.1, 0.15) is 0 Å². The van der Waals surface area contributed by atoms with Crippen LogP contribution in [0.5, 0.6) is 0 Å². The van der Waals surface area contributed by atoms with Crippen molar-refractivity contribution in [2.45, 2.75) is 32.6 Å². The Hall–Kier alpha value is -1.68. The van der Waals surface area contributed by atoms with Gasteiger partial charge in [0, 0.05) is 19.0 Å². The molecule has 1 heterocycles. The number of hydrogen-bond acceptors (Lipinski definition) is 3. The largest absolute Gasteiger partial charge is 0.330 e. The molecule has 0 fully saturated rings. The lowest BCUT2D eigenvalue weighted by molar-refractivity contribution is 0.590. The van der Waals surface area contributed by atoms with E-state index in [1.54, 1.807) is 0 Å². The van der Waals surface area contributed by atoms with E-state index >= 15 is 0 Å². The summed E-state index contributed by atoms with van der Waals surface area (Å²) in [5.41, 5.74) is 8.12. The fraction of sp³-hybridized carbons (Fsp3) is 0.467. The Morgan fingerprint density at radius 2 is 1.79 bits per heavy atom. The minimum absolute atomic E-state index is 0.170. The van der Waals surface area contributed by atoms with Gasteiger partial charge in [0.05, 0.1) is 0 Å². The number of rotatable bonds is 3.